The molecule has 2 heterocycles. The molecule has 0 aliphatic carbocycles. The number of ether oxygens (including phenoxy) is 1. The van der Waals surface area contributed by atoms with Gasteiger partial charge < -0.3 is 15.6 Å². The lowest BCUT2D eigenvalue weighted by Gasteiger charge is -2.19. The van der Waals surface area contributed by atoms with Crippen molar-refractivity contribution in [1.29, 1.82) is 0 Å². The van der Waals surface area contributed by atoms with Crippen molar-refractivity contribution in [2.75, 3.05) is 12.8 Å². The molecular weight excluding hydrogens is 354 g/mol. The Balaban J connectivity index is 1.75. The number of methoxy groups -OCH3 is 1. The van der Waals surface area contributed by atoms with Gasteiger partial charge in [-0.05, 0) is 23.8 Å². The largest absolute Gasteiger partial charge is 0.497 e. The molecule has 3 aromatic rings. The van der Waals surface area contributed by atoms with Crippen molar-refractivity contribution >= 4 is 17.4 Å². The van der Waals surface area contributed by atoms with E-state index in [1.807, 2.05) is 31.2 Å². The first kappa shape index (κ1) is 18.2. The number of hydrogen-bond acceptors (Lipinski definition) is 6. The van der Waals surface area contributed by atoms with Crippen LogP contribution in [0.25, 0.3) is 11.3 Å². The zero-order chi connectivity index (χ0) is 18.7. The van der Waals surface area contributed by atoms with Gasteiger partial charge in [0.15, 0.2) is 0 Å². The summed E-state index contributed by atoms with van der Waals surface area (Å²) in [4.78, 5) is 4.02. The molecule has 3 rings (SSSR count). The van der Waals surface area contributed by atoms with Crippen LogP contribution in [0.1, 0.15) is 18.4 Å². The Morgan fingerprint density at radius 2 is 2.15 bits per heavy atom. The highest BCUT2D eigenvalue weighted by atomic mass is 35.5. The predicted octanol–water partition coefficient (Wildman–Crippen LogP) is 2.75. The van der Waals surface area contributed by atoms with E-state index in [1.165, 1.54) is 6.20 Å². The third-order valence-corrected chi connectivity index (χ3v) is 4.48. The molecule has 1 aromatic carbocycles. The second kappa shape index (κ2) is 7.72. The molecule has 0 spiro atoms. The van der Waals surface area contributed by atoms with Crippen molar-refractivity contribution in [2.24, 2.45) is 0 Å². The summed E-state index contributed by atoms with van der Waals surface area (Å²) in [5.74, 6) is 0.982. The van der Waals surface area contributed by atoms with E-state index in [0.717, 1.165) is 11.3 Å². The smallest absolute Gasteiger partial charge is 0.133 e. The highest BCUT2D eigenvalue weighted by molar-refractivity contribution is 6.30. The first-order valence-electron chi connectivity index (χ1n) is 8.11. The maximum absolute atomic E-state index is 10.6. The van der Waals surface area contributed by atoms with Crippen LogP contribution in [0, 0.1) is 0 Å². The standard InChI is InChI=1S/C18H20ClN5O2/c1-11(12-4-3-5-14(6-12)26-2)17(25)10-24-9-16(22-23-24)15-7-13(19)8-21-18(15)20/h3-9,11,17,25H,10H2,1-2H3,(H2,20,21). The van der Waals surface area contributed by atoms with E-state index in [9.17, 15) is 5.11 Å². The third-order valence-electron chi connectivity index (χ3n) is 4.27. The Labute approximate surface area is 156 Å². The maximum Gasteiger partial charge on any atom is 0.133 e. The van der Waals surface area contributed by atoms with Crippen molar-refractivity contribution in [2.45, 2.75) is 25.5 Å². The Hall–Kier alpha value is -2.64. The summed E-state index contributed by atoms with van der Waals surface area (Å²) in [7, 11) is 1.62. The average molecular weight is 374 g/mol. The van der Waals surface area contributed by atoms with Crippen LogP contribution in [0.15, 0.2) is 42.7 Å². The van der Waals surface area contributed by atoms with Crippen molar-refractivity contribution in [3.63, 3.8) is 0 Å². The molecule has 0 fully saturated rings. The van der Waals surface area contributed by atoms with Gasteiger partial charge in [-0.25, -0.2) is 9.67 Å². The van der Waals surface area contributed by atoms with Crippen LogP contribution in [0.2, 0.25) is 5.02 Å². The second-order valence-electron chi connectivity index (χ2n) is 6.04. The summed E-state index contributed by atoms with van der Waals surface area (Å²) < 4.78 is 6.82. The first-order chi connectivity index (χ1) is 12.5. The molecule has 0 amide bonds. The molecule has 0 bridgehead atoms. The number of aromatic nitrogens is 4. The quantitative estimate of drug-likeness (QED) is 0.689. The summed E-state index contributed by atoms with van der Waals surface area (Å²) >= 11 is 5.97. The van der Waals surface area contributed by atoms with Crippen molar-refractivity contribution in [3.8, 4) is 17.0 Å². The van der Waals surface area contributed by atoms with Crippen molar-refractivity contribution < 1.29 is 9.84 Å². The number of halogens is 1. The SMILES string of the molecule is COc1cccc(C(C)C(O)Cn2cc(-c3cc(Cl)cnc3N)nn2)c1. The van der Waals surface area contributed by atoms with E-state index >= 15 is 0 Å². The average Bonchev–Trinajstić information content (AvgIpc) is 3.11. The molecule has 8 heteroatoms. The van der Waals surface area contributed by atoms with E-state index < -0.39 is 6.10 Å². The molecular formula is C18H20ClN5O2. The van der Waals surface area contributed by atoms with Gasteiger partial charge in [0.05, 0.1) is 31.0 Å². The van der Waals surface area contributed by atoms with Gasteiger partial charge in [-0.2, -0.15) is 0 Å². The Bertz CT molecular complexity index is 899. The molecule has 26 heavy (non-hydrogen) atoms. The number of aliphatic hydroxyl groups is 1. The van der Waals surface area contributed by atoms with Crippen LogP contribution in [0.4, 0.5) is 5.82 Å². The number of nitrogen functional groups attached to an aromatic ring is 1. The summed E-state index contributed by atoms with van der Waals surface area (Å²) in [6, 6.07) is 9.34. The van der Waals surface area contributed by atoms with Gasteiger partial charge in [0.2, 0.25) is 0 Å². The molecule has 2 aromatic heterocycles. The summed E-state index contributed by atoms with van der Waals surface area (Å²) in [5.41, 5.74) is 8.03. The van der Waals surface area contributed by atoms with Gasteiger partial charge in [-0.3, -0.25) is 0 Å². The number of nitrogens with two attached hydrogens (primary N) is 1. The van der Waals surface area contributed by atoms with Crippen molar-refractivity contribution in [1.82, 2.24) is 20.0 Å². The van der Waals surface area contributed by atoms with Gasteiger partial charge in [-0.1, -0.05) is 35.9 Å². The molecule has 2 unspecified atom stereocenters. The molecule has 2 atom stereocenters. The molecule has 0 saturated carbocycles. The number of pyridine rings is 1. The molecule has 0 radical (unpaired) electrons. The minimum absolute atomic E-state index is 0.101. The van der Waals surface area contributed by atoms with Gasteiger partial charge in [0.25, 0.3) is 0 Å². The number of rotatable bonds is 6. The van der Waals surface area contributed by atoms with Gasteiger partial charge in [0, 0.05) is 17.7 Å². The number of aliphatic hydroxyl groups excluding tert-OH is 1. The number of hydrogen-bond donors (Lipinski definition) is 2. The van der Waals surface area contributed by atoms with Crippen molar-refractivity contribution in [3.05, 3.63) is 53.3 Å². The molecule has 7 nitrogen and oxygen atoms in total. The highest BCUT2D eigenvalue weighted by Gasteiger charge is 2.19. The summed E-state index contributed by atoms with van der Waals surface area (Å²) in [6.45, 7) is 2.25. The summed E-state index contributed by atoms with van der Waals surface area (Å²) in [6.07, 6.45) is 2.54. The molecule has 136 valence electrons. The lowest BCUT2D eigenvalue weighted by atomic mass is 9.95. The lowest BCUT2D eigenvalue weighted by Crippen LogP contribution is -2.22. The maximum atomic E-state index is 10.6. The fourth-order valence-corrected chi connectivity index (χ4v) is 2.82. The van der Waals surface area contributed by atoms with E-state index in [4.69, 9.17) is 22.1 Å². The number of nitrogens with zero attached hydrogens (tertiary/aromatic N) is 4. The third kappa shape index (κ3) is 3.95. The van der Waals surface area contributed by atoms with Crippen LogP contribution >= 0.6 is 11.6 Å². The van der Waals surface area contributed by atoms with E-state index in [-0.39, 0.29) is 5.92 Å². The zero-order valence-electron chi connectivity index (χ0n) is 14.5. The van der Waals surface area contributed by atoms with Crippen LogP contribution in [-0.4, -0.2) is 38.3 Å². The van der Waals surface area contributed by atoms with Gasteiger partial charge in [0.1, 0.15) is 17.3 Å². The molecule has 0 aliphatic rings. The van der Waals surface area contributed by atoms with Gasteiger partial charge in [-0.15, -0.1) is 5.10 Å². The fraction of sp³-hybridized carbons (Fsp3) is 0.278. The number of benzene rings is 1. The monoisotopic (exact) mass is 373 g/mol. The molecule has 0 aliphatic heterocycles. The van der Waals surface area contributed by atoms with E-state index in [2.05, 4.69) is 15.3 Å². The number of anilines is 1. The van der Waals surface area contributed by atoms with E-state index in [1.54, 1.807) is 24.1 Å². The highest BCUT2D eigenvalue weighted by Crippen LogP contribution is 2.26. The van der Waals surface area contributed by atoms with Crippen LogP contribution in [-0.2, 0) is 6.54 Å². The Morgan fingerprint density at radius 1 is 1.35 bits per heavy atom. The molecule has 0 saturated heterocycles. The van der Waals surface area contributed by atoms with E-state index in [0.29, 0.717) is 28.6 Å². The Morgan fingerprint density at radius 3 is 2.92 bits per heavy atom. The Kier molecular flexibility index (Phi) is 5.39. The van der Waals surface area contributed by atoms with Crippen LogP contribution in [0.5, 0.6) is 5.75 Å². The zero-order valence-corrected chi connectivity index (χ0v) is 15.3. The predicted molar refractivity (Wildman–Crippen MR) is 100 cm³/mol. The minimum Gasteiger partial charge on any atom is -0.497 e. The molecule has 3 N–H and O–H groups in total. The first-order valence-corrected chi connectivity index (χ1v) is 8.49. The second-order valence-corrected chi connectivity index (χ2v) is 6.48. The summed E-state index contributed by atoms with van der Waals surface area (Å²) in [5, 5.41) is 19.2. The topological polar surface area (TPSA) is 99.1 Å². The minimum atomic E-state index is -0.647. The van der Waals surface area contributed by atoms with Crippen LogP contribution in [0.3, 0.4) is 0 Å². The lowest BCUT2D eigenvalue weighted by molar-refractivity contribution is 0.124. The fourth-order valence-electron chi connectivity index (χ4n) is 2.66. The normalized spacial score (nSPS) is 13.4. The van der Waals surface area contributed by atoms with Gasteiger partial charge >= 0.3 is 0 Å². The van der Waals surface area contributed by atoms with Crippen LogP contribution < -0.4 is 10.5 Å².